The molecule has 209 valence electrons. The van der Waals surface area contributed by atoms with E-state index in [2.05, 4.69) is 22.5 Å². The highest BCUT2D eigenvalue weighted by atomic mass is 16.2. The zero-order valence-corrected chi connectivity index (χ0v) is 22.5. The minimum absolute atomic E-state index is 0.00151. The number of benzene rings is 2. The molecule has 3 aromatic rings. The van der Waals surface area contributed by atoms with E-state index < -0.39 is 41.8 Å². The van der Waals surface area contributed by atoms with Crippen molar-refractivity contribution in [3.63, 3.8) is 0 Å². The zero-order valence-electron chi connectivity index (χ0n) is 22.5. The van der Waals surface area contributed by atoms with Crippen LogP contribution >= 0.6 is 0 Å². The number of nitriles is 1. The molecule has 41 heavy (non-hydrogen) atoms. The summed E-state index contributed by atoms with van der Waals surface area (Å²) in [7, 11) is 0. The minimum atomic E-state index is -1.30. The van der Waals surface area contributed by atoms with Gasteiger partial charge in [0.05, 0.1) is 12.1 Å². The highest BCUT2D eigenvalue weighted by Crippen LogP contribution is 2.17. The van der Waals surface area contributed by atoms with Crippen molar-refractivity contribution >= 4 is 23.6 Å². The summed E-state index contributed by atoms with van der Waals surface area (Å²) >= 11 is 0. The van der Waals surface area contributed by atoms with Gasteiger partial charge in [-0.3, -0.25) is 19.2 Å². The average Bonchev–Trinajstić information content (AvgIpc) is 3.53. The first-order chi connectivity index (χ1) is 19.8. The van der Waals surface area contributed by atoms with E-state index >= 15 is 0 Å². The number of nitrogens with one attached hydrogen (secondary N) is 2. The standard InChI is InChI=1S/C31H31N6O4/c1-20-14-15-23(19-32)35-27(20)31(41)37(29(39)25-13-8-16-34-25)30(40)26(18-22-11-6-3-7-12-22)36-28(38)24(33)17-21-9-4-2-5-10-21/h2-7,9-12,14-15,24-26,34H,1,8,13,16-18,33H2,(H,36,38)/t24-,25-,26-/m0/s1. The van der Waals surface area contributed by atoms with Crippen molar-refractivity contribution in [1.82, 2.24) is 20.5 Å². The van der Waals surface area contributed by atoms with Gasteiger partial charge in [0.2, 0.25) is 5.91 Å². The van der Waals surface area contributed by atoms with E-state index in [9.17, 15) is 24.4 Å². The summed E-state index contributed by atoms with van der Waals surface area (Å²) in [5.74, 6) is -3.32. The third-order valence-corrected chi connectivity index (χ3v) is 6.83. The predicted octanol–water partition coefficient (Wildman–Crippen LogP) is 1.68. The lowest BCUT2D eigenvalue weighted by Gasteiger charge is -2.28. The number of amides is 4. The highest BCUT2D eigenvalue weighted by molar-refractivity contribution is 6.18. The van der Waals surface area contributed by atoms with Gasteiger partial charge in [0.15, 0.2) is 0 Å². The summed E-state index contributed by atoms with van der Waals surface area (Å²) in [6, 6.07) is 19.7. The number of hydrogen-bond donors (Lipinski definition) is 3. The van der Waals surface area contributed by atoms with Crippen LogP contribution in [0.5, 0.6) is 0 Å². The van der Waals surface area contributed by atoms with E-state index in [0.29, 0.717) is 29.8 Å². The summed E-state index contributed by atoms with van der Waals surface area (Å²) in [5, 5.41) is 15.0. The fourth-order valence-electron chi connectivity index (χ4n) is 4.65. The lowest BCUT2D eigenvalue weighted by Crippen LogP contribution is -2.58. The molecule has 1 saturated heterocycles. The number of rotatable bonds is 9. The second kappa shape index (κ2) is 13.6. The number of imide groups is 3. The van der Waals surface area contributed by atoms with Crippen LogP contribution < -0.4 is 16.4 Å². The second-order valence-corrected chi connectivity index (χ2v) is 9.83. The van der Waals surface area contributed by atoms with E-state index in [1.165, 1.54) is 12.1 Å². The number of carbonyl (C=O) groups excluding carboxylic acids is 4. The van der Waals surface area contributed by atoms with Crippen molar-refractivity contribution in [2.24, 2.45) is 5.73 Å². The van der Waals surface area contributed by atoms with Gasteiger partial charge in [0.25, 0.3) is 17.7 Å². The smallest absolute Gasteiger partial charge is 0.286 e. The molecule has 4 rings (SSSR count). The maximum absolute atomic E-state index is 14.1. The van der Waals surface area contributed by atoms with Crippen LogP contribution in [0, 0.1) is 18.3 Å². The van der Waals surface area contributed by atoms with Crippen molar-refractivity contribution in [1.29, 1.82) is 5.26 Å². The molecule has 1 fully saturated rings. The van der Waals surface area contributed by atoms with E-state index in [-0.39, 0.29) is 29.8 Å². The number of carbonyl (C=O) groups is 4. The quantitative estimate of drug-likeness (QED) is 0.339. The van der Waals surface area contributed by atoms with Crippen molar-refractivity contribution in [3.8, 4) is 6.07 Å². The first kappa shape index (κ1) is 29.3. The SMILES string of the molecule is [CH2]c1ccc(C#N)nc1C(=O)N(C(=O)[C@@H]1CCCN1)C(=O)[C@H](Cc1ccccc1)NC(=O)[C@@H](N)Cc1ccccc1. The highest BCUT2D eigenvalue weighted by Gasteiger charge is 2.40. The van der Waals surface area contributed by atoms with Gasteiger partial charge in [-0.05, 0) is 55.5 Å². The molecular formula is C31H31N6O4. The van der Waals surface area contributed by atoms with Gasteiger partial charge in [0, 0.05) is 6.42 Å². The predicted molar refractivity (Wildman–Crippen MR) is 151 cm³/mol. The van der Waals surface area contributed by atoms with Crippen LogP contribution in [-0.2, 0) is 27.2 Å². The molecule has 10 nitrogen and oxygen atoms in total. The monoisotopic (exact) mass is 551 g/mol. The normalized spacial score (nSPS) is 15.8. The molecule has 3 atom stereocenters. The molecule has 4 N–H and O–H groups in total. The van der Waals surface area contributed by atoms with Crippen molar-refractivity contribution in [3.05, 3.63) is 108 Å². The van der Waals surface area contributed by atoms with Crippen LogP contribution in [0.4, 0.5) is 0 Å². The number of hydrogen-bond acceptors (Lipinski definition) is 8. The lowest BCUT2D eigenvalue weighted by molar-refractivity contribution is -0.145. The van der Waals surface area contributed by atoms with Crippen LogP contribution in [0.3, 0.4) is 0 Å². The maximum atomic E-state index is 14.1. The van der Waals surface area contributed by atoms with Gasteiger partial charge in [-0.2, -0.15) is 5.26 Å². The number of pyridine rings is 1. The Hall–Kier alpha value is -4.72. The molecule has 4 amide bonds. The molecule has 2 heterocycles. The van der Waals surface area contributed by atoms with Gasteiger partial charge >= 0.3 is 0 Å². The summed E-state index contributed by atoms with van der Waals surface area (Å²) < 4.78 is 0. The molecule has 0 unspecified atom stereocenters. The van der Waals surface area contributed by atoms with Gasteiger partial charge in [-0.1, -0.05) is 66.7 Å². The van der Waals surface area contributed by atoms with Gasteiger partial charge < -0.3 is 16.4 Å². The van der Waals surface area contributed by atoms with Crippen molar-refractivity contribution in [2.75, 3.05) is 6.54 Å². The van der Waals surface area contributed by atoms with Crippen molar-refractivity contribution in [2.45, 2.75) is 43.8 Å². The summed E-state index contributed by atoms with van der Waals surface area (Å²) in [6.45, 7) is 4.35. The summed E-state index contributed by atoms with van der Waals surface area (Å²) in [5.41, 5.74) is 7.52. The molecule has 0 aliphatic carbocycles. The summed E-state index contributed by atoms with van der Waals surface area (Å²) in [6.07, 6.45) is 1.34. The first-order valence-electron chi connectivity index (χ1n) is 13.3. The molecular weight excluding hydrogens is 520 g/mol. The van der Waals surface area contributed by atoms with Crippen LogP contribution in [0.1, 0.15) is 45.7 Å². The van der Waals surface area contributed by atoms with Crippen LogP contribution in [0.2, 0.25) is 0 Å². The second-order valence-electron chi connectivity index (χ2n) is 9.83. The molecule has 1 aromatic heterocycles. The maximum Gasteiger partial charge on any atom is 0.286 e. The van der Waals surface area contributed by atoms with Crippen LogP contribution in [-0.4, -0.2) is 58.2 Å². The Labute approximate surface area is 238 Å². The Kier molecular flexibility index (Phi) is 9.68. The fraction of sp³-hybridized carbons (Fsp3) is 0.258. The number of aromatic nitrogens is 1. The summed E-state index contributed by atoms with van der Waals surface area (Å²) in [4.78, 5) is 59.4. The molecule has 1 aliphatic heterocycles. The topological polar surface area (TPSA) is 158 Å². The lowest BCUT2D eigenvalue weighted by atomic mass is 10.0. The van der Waals surface area contributed by atoms with E-state index in [4.69, 9.17) is 5.73 Å². The largest absolute Gasteiger partial charge is 0.343 e. The molecule has 1 aliphatic rings. The van der Waals surface area contributed by atoms with E-state index in [1.54, 1.807) is 24.3 Å². The first-order valence-corrected chi connectivity index (χ1v) is 13.3. The average molecular weight is 552 g/mol. The molecule has 2 aromatic carbocycles. The van der Waals surface area contributed by atoms with E-state index in [1.807, 2.05) is 42.5 Å². The number of nitrogens with two attached hydrogens (primary N) is 1. The third-order valence-electron chi connectivity index (χ3n) is 6.83. The Balaban J connectivity index is 1.68. The molecule has 1 radical (unpaired) electrons. The van der Waals surface area contributed by atoms with Gasteiger partial charge in [0.1, 0.15) is 23.5 Å². The molecule has 0 saturated carbocycles. The Morgan fingerprint density at radius 2 is 1.66 bits per heavy atom. The molecule has 10 heteroatoms. The van der Waals surface area contributed by atoms with Gasteiger partial charge in [-0.15, -0.1) is 0 Å². The fourth-order valence-corrected chi connectivity index (χ4v) is 4.65. The zero-order chi connectivity index (χ0) is 29.4. The van der Waals surface area contributed by atoms with E-state index in [0.717, 1.165) is 5.56 Å². The van der Waals surface area contributed by atoms with Crippen LogP contribution in [0.15, 0.2) is 72.8 Å². The number of nitrogens with zero attached hydrogens (tertiary/aromatic N) is 3. The Morgan fingerprint density at radius 1 is 1.02 bits per heavy atom. The van der Waals surface area contributed by atoms with Gasteiger partial charge in [-0.25, -0.2) is 9.88 Å². The Morgan fingerprint density at radius 3 is 2.24 bits per heavy atom. The molecule has 0 spiro atoms. The molecule has 0 bridgehead atoms. The van der Waals surface area contributed by atoms with Crippen molar-refractivity contribution < 1.29 is 19.2 Å². The van der Waals surface area contributed by atoms with Crippen LogP contribution in [0.25, 0.3) is 0 Å². The Bertz CT molecular complexity index is 1450. The third kappa shape index (κ3) is 7.28. The minimum Gasteiger partial charge on any atom is -0.343 e.